The summed E-state index contributed by atoms with van der Waals surface area (Å²) < 4.78 is 0. The summed E-state index contributed by atoms with van der Waals surface area (Å²) >= 11 is 0. The quantitative estimate of drug-likeness (QED) is 0.230. The maximum Gasteiger partial charge on any atom is 0.277 e. The van der Waals surface area contributed by atoms with Gasteiger partial charge in [-0.25, -0.2) is 9.97 Å². The molecule has 0 spiro atoms. The molecular formula is C16H2N2O8. The van der Waals surface area contributed by atoms with Crippen molar-refractivity contribution in [2.24, 2.45) is 0 Å². The van der Waals surface area contributed by atoms with Gasteiger partial charge in [0.2, 0.25) is 32.6 Å². The van der Waals surface area contributed by atoms with Crippen LogP contribution in [-0.4, -0.2) is 9.97 Å². The Morgan fingerprint density at radius 3 is 1.12 bits per heavy atom. The zero-order valence-electron chi connectivity index (χ0n) is 12.3. The van der Waals surface area contributed by atoms with Crippen LogP contribution in [0.5, 0.6) is 0 Å². The van der Waals surface area contributed by atoms with Crippen LogP contribution in [0.1, 0.15) is 0 Å². The van der Waals surface area contributed by atoms with Crippen LogP contribution in [0.25, 0.3) is 32.8 Å². The first-order valence-corrected chi connectivity index (χ1v) is 6.94. The van der Waals surface area contributed by atoms with Crippen LogP contribution in [0.2, 0.25) is 0 Å². The van der Waals surface area contributed by atoms with Gasteiger partial charge >= 0.3 is 0 Å². The molecule has 0 unspecified atom stereocenters. The van der Waals surface area contributed by atoms with Crippen molar-refractivity contribution in [2.45, 2.75) is 0 Å². The zero-order valence-corrected chi connectivity index (χ0v) is 12.3. The summed E-state index contributed by atoms with van der Waals surface area (Å²) in [7, 11) is 0. The van der Waals surface area contributed by atoms with Crippen LogP contribution in [-0.2, 0) is 0 Å². The molecule has 1 aromatic heterocycles. The Hall–Kier alpha value is -4.08. The van der Waals surface area contributed by atoms with Gasteiger partial charge in [0.25, 0.3) is 10.9 Å². The smallest absolute Gasteiger partial charge is 0.277 e. The number of hydrogen-bond donors (Lipinski definition) is 0. The first-order valence-electron chi connectivity index (χ1n) is 6.94. The molecule has 0 atom stereocenters. The van der Waals surface area contributed by atoms with Crippen LogP contribution < -0.4 is 43.4 Å². The van der Waals surface area contributed by atoms with Gasteiger partial charge in [-0.3, -0.25) is 38.4 Å². The Morgan fingerprint density at radius 2 is 0.769 bits per heavy atom. The predicted octanol–water partition coefficient (Wildman–Crippen LogP) is -3.43. The lowest BCUT2D eigenvalue weighted by atomic mass is 10.1. The number of nitrogens with zero attached hydrogens (tertiary/aromatic N) is 2. The molecule has 0 aliphatic rings. The summed E-state index contributed by atoms with van der Waals surface area (Å²) in [5.74, 6) is 0. The van der Waals surface area contributed by atoms with Gasteiger partial charge in [0.1, 0.15) is 22.1 Å². The van der Waals surface area contributed by atoms with Crippen LogP contribution in [0.3, 0.4) is 0 Å². The maximum atomic E-state index is 12.5. The van der Waals surface area contributed by atoms with Gasteiger partial charge in [0.05, 0.1) is 10.8 Å². The topological polar surface area (TPSA) is 162 Å². The summed E-state index contributed by atoms with van der Waals surface area (Å²) in [4.78, 5) is 103. The van der Waals surface area contributed by atoms with E-state index in [0.29, 0.717) is 0 Å². The zero-order chi connectivity index (χ0) is 18.9. The number of benzene rings is 3. The molecule has 4 aromatic rings. The third-order valence-corrected chi connectivity index (χ3v) is 3.96. The molecule has 0 saturated carbocycles. The van der Waals surface area contributed by atoms with E-state index in [0.717, 1.165) is 12.1 Å². The van der Waals surface area contributed by atoms with Gasteiger partial charge in [-0.15, -0.1) is 0 Å². The van der Waals surface area contributed by atoms with Crippen molar-refractivity contribution in [1.29, 1.82) is 0 Å². The van der Waals surface area contributed by atoms with E-state index >= 15 is 0 Å². The lowest BCUT2D eigenvalue weighted by molar-refractivity contribution is 1.32. The standard InChI is InChI=1S/C16H2N2O8/c19-3-1-2-4(20)8-7(3)17-9-10(18-8)12(22)6-5(11(9)21)13(23)15(25)16(26)14(6)24/h1-2H. The van der Waals surface area contributed by atoms with Crippen LogP contribution in [0.4, 0.5) is 0 Å². The number of aromatic nitrogens is 2. The van der Waals surface area contributed by atoms with Gasteiger partial charge in [-0.1, -0.05) is 0 Å². The summed E-state index contributed by atoms with van der Waals surface area (Å²) in [6.07, 6.45) is 0. The minimum Gasteiger partial charge on any atom is -0.287 e. The van der Waals surface area contributed by atoms with Gasteiger partial charge in [-0.2, -0.15) is 0 Å². The monoisotopic (exact) mass is 350 g/mol. The van der Waals surface area contributed by atoms with Gasteiger partial charge in [0.15, 0.2) is 0 Å². The fourth-order valence-electron chi connectivity index (χ4n) is 2.74. The van der Waals surface area contributed by atoms with E-state index in [1.165, 1.54) is 0 Å². The Bertz CT molecular complexity index is 1610. The highest BCUT2D eigenvalue weighted by atomic mass is 16.2. The fourth-order valence-corrected chi connectivity index (χ4v) is 2.74. The van der Waals surface area contributed by atoms with Crippen LogP contribution in [0, 0.1) is 0 Å². The highest BCUT2D eigenvalue weighted by Gasteiger charge is 2.23. The van der Waals surface area contributed by atoms with Crippen molar-refractivity contribution < 1.29 is 0 Å². The molecular weight excluding hydrogens is 348 g/mol. The SMILES string of the molecule is O=c1c(=O)c(=O)c2c(=O)c3nc4c(=O)ccc(=O)c4nc3c(=O)c2c1=O. The van der Waals surface area contributed by atoms with Crippen LogP contribution in [0.15, 0.2) is 50.5 Å². The number of fused-ring (bicyclic) bond motifs is 3. The second kappa shape index (κ2) is 4.72. The Balaban J connectivity index is 2.55. The minimum atomic E-state index is -1.74. The number of hydrogen-bond acceptors (Lipinski definition) is 10. The van der Waals surface area contributed by atoms with Crippen molar-refractivity contribution in [3.63, 3.8) is 0 Å². The minimum absolute atomic E-state index is 0.501. The third-order valence-electron chi connectivity index (χ3n) is 3.96. The first kappa shape index (κ1) is 15.4. The average Bonchev–Trinajstić information content (AvgIpc) is 2.63. The van der Waals surface area contributed by atoms with Crippen molar-refractivity contribution in [3.05, 3.63) is 93.9 Å². The summed E-state index contributed by atoms with van der Waals surface area (Å²) in [5.41, 5.74) is -13.3. The van der Waals surface area contributed by atoms with E-state index in [9.17, 15) is 38.4 Å². The molecule has 0 amide bonds. The third kappa shape index (κ3) is 1.69. The second-order valence-corrected chi connectivity index (χ2v) is 5.40. The second-order valence-electron chi connectivity index (χ2n) is 5.40. The van der Waals surface area contributed by atoms with E-state index in [4.69, 9.17) is 0 Å². The van der Waals surface area contributed by atoms with Gasteiger partial charge in [-0.05, 0) is 12.1 Å². The Kier molecular flexibility index (Phi) is 2.81. The van der Waals surface area contributed by atoms with Crippen molar-refractivity contribution >= 4 is 32.8 Å². The lowest BCUT2D eigenvalue weighted by Crippen LogP contribution is -2.49. The molecule has 0 aliphatic carbocycles. The molecule has 0 N–H and O–H groups in total. The molecule has 0 saturated heterocycles. The Morgan fingerprint density at radius 1 is 0.423 bits per heavy atom. The molecule has 0 aliphatic heterocycles. The van der Waals surface area contributed by atoms with Crippen molar-refractivity contribution in [3.8, 4) is 0 Å². The van der Waals surface area contributed by atoms with Crippen molar-refractivity contribution in [2.75, 3.05) is 0 Å². The average molecular weight is 350 g/mol. The summed E-state index contributed by atoms with van der Waals surface area (Å²) in [5, 5.41) is -2.15. The van der Waals surface area contributed by atoms with Gasteiger partial charge in [0, 0.05) is 0 Å². The highest BCUT2D eigenvalue weighted by molar-refractivity contribution is 5.96. The molecule has 0 radical (unpaired) electrons. The molecule has 0 bridgehead atoms. The van der Waals surface area contributed by atoms with E-state index in [1.807, 2.05) is 0 Å². The molecule has 10 nitrogen and oxygen atoms in total. The summed E-state index contributed by atoms with van der Waals surface area (Å²) in [6, 6.07) is 1.78. The van der Waals surface area contributed by atoms with E-state index in [1.54, 1.807) is 0 Å². The van der Waals surface area contributed by atoms with E-state index < -0.39 is 76.3 Å². The molecule has 26 heavy (non-hydrogen) atoms. The first-order chi connectivity index (χ1) is 12.2. The molecule has 4 rings (SSSR count). The molecule has 0 fully saturated rings. The number of rotatable bonds is 0. The van der Waals surface area contributed by atoms with Gasteiger partial charge < -0.3 is 0 Å². The highest BCUT2D eigenvalue weighted by Crippen LogP contribution is 2.07. The molecule has 3 aromatic carbocycles. The van der Waals surface area contributed by atoms with Crippen molar-refractivity contribution in [1.82, 2.24) is 9.97 Å². The van der Waals surface area contributed by atoms with Crippen LogP contribution >= 0.6 is 0 Å². The largest absolute Gasteiger partial charge is 0.287 e. The molecule has 10 heteroatoms. The van der Waals surface area contributed by atoms with E-state index in [-0.39, 0.29) is 0 Å². The predicted molar refractivity (Wildman–Crippen MR) is 89.5 cm³/mol. The normalized spacial score (nSPS) is 11.5. The lowest BCUT2D eigenvalue weighted by Gasteiger charge is -1.99. The fraction of sp³-hybridized carbons (Fsp3) is 0. The molecule has 124 valence electrons. The Labute approximate surface area is 137 Å². The molecule has 1 heterocycles. The maximum absolute atomic E-state index is 12.5. The van der Waals surface area contributed by atoms with E-state index in [2.05, 4.69) is 9.97 Å². The summed E-state index contributed by atoms with van der Waals surface area (Å²) in [6.45, 7) is 0.